The van der Waals surface area contributed by atoms with Crippen LogP contribution in [-0.4, -0.2) is 49.5 Å². The lowest BCUT2D eigenvalue weighted by molar-refractivity contribution is 0.0616. The SMILES string of the molecule is COc1cccc(OC[C@H](O)CN2CCCCC2)c1. The number of benzene rings is 1. The van der Waals surface area contributed by atoms with Crippen molar-refractivity contribution in [3.05, 3.63) is 24.3 Å². The van der Waals surface area contributed by atoms with E-state index in [-0.39, 0.29) is 0 Å². The fraction of sp³-hybridized carbons (Fsp3) is 0.600. The van der Waals surface area contributed by atoms with Crippen molar-refractivity contribution in [1.82, 2.24) is 4.90 Å². The molecule has 0 unspecified atom stereocenters. The molecule has 0 saturated carbocycles. The summed E-state index contributed by atoms with van der Waals surface area (Å²) in [6.45, 7) is 3.21. The molecule has 1 aliphatic heterocycles. The number of hydrogen-bond acceptors (Lipinski definition) is 4. The summed E-state index contributed by atoms with van der Waals surface area (Å²) in [4.78, 5) is 2.31. The van der Waals surface area contributed by atoms with Crippen LogP contribution in [0.4, 0.5) is 0 Å². The molecule has 1 N–H and O–H groups in total. The van der Waals surface area contributed by atoms with E-state index in [1.54, 1.807) is 7.11 Å². The van der Waals surface area contributed by atoms with Gasteiger partial charge in [-0.15, -0.1) is 0 Å². The molecule has 0 spiro atoms. The Hall–Kier alpha value is -1.26. The lowest BCUT2D eigenvalue weighted by Crippen LogP contribution is -2.38. The molecule has 1 aromatic carbocycles. The summed E-state index contributed by atoms with van der Waals surface area (Å²) >= 11 is 0. The van der Waals surface area contributed by atoms with Gasteiger partial charge < -0.3 is 19.5 Å². The van der Waals surface area contributed by atoms with Gasteiger partial charge in [0.2, 0.25) is 0 Å². The molecule has 0 aliphatic carbocycles. The van der Waals surface area contributed by atoms with Gasteiger partial charge >= 0.3 is 0 Å². The minimum absolute atomic E-state index is 0.323. The van der Waals surface area contributed by atoms with E-state index in [0.29, 0.717) is 13.2 Å². The molecule has 0 radical (unpaired) electrons. The van der Waals surface area contributed by atoms with Crippen LogP contribution in [0.5, 0.6) is 11.5 Å². The summed E-state index contributed by atoms with van der Waals surface area (Å²) in [7, 11) is 1.63. The Morgan fingerprint density at radius 2 is 1.95 bits per heavy atom. The minimum atomic E-state index is -0.440. The Kier molecular flexibility index (Phi) is 5.48. The largest absolute Gasteiger partial charge is 0.497 e. The highest BCUT2D eigenvalue weighted by atomic mass is 16.5. The van der Waals surface area contributed by atoms with E-state index in [0.717, 1.165) is 24.6 Å². The average Bonchev–Trinajstić information content (AvgIpc) is 2.46. The maximum Gasteiger partial charge on any atom is 0.123 e. The molecular formula is C15H23NO3. The zero-order valence-corrected chi connectivity index (χ0v) is 11.5. The van der Waals surface area contributed by atoms with Crippen molar-refractivity contribution in [2.45, 2.75) is 25.4 Å². The normalized spacial score (nSPS) is 18.0. The molecule has 1 saturated heterocycles. The van der Waals surface area contributed by atoms with E-state index in [1.807, 2.05) is 24.3 Å². The maximum absolute atomic E-state index is 9.99. The van der Waals surface area contributed by atoms with E-state index < -0.39 is 6.10 Å². The second-order valence-electron chi connectivity index (χ2n) is 5.01. The highest BCUT2D eigenvalue weighted by Crippen LogP contribution is 2.19. The van der Waals surface area contributed by atoms with Crippen molar-refractivity contribution in [3.8, 4) is 11.5 Å². The number of ether oxygens (including phenoxy) is 2. The smallest absolute Gasteiger partial charge is 0.123 e. The topological polar surface area (TPSA) is 41.9 Å². The second-order valence-corrected chi connectivity index (χ2v) is 5.01. The molecule has 1 atom stereocenters. The van der Waals surface area contributed by atoms with Gasteiger partial charge in [-0.05, 0) is 38.1 Å². The lowest BCUT2D eigenvalue weighted by Gasteiger charge is -2.28. The summed E-state index contributed by atoms with van der Waals surface area (Å²) in [5, 5.41) is 9.99. The van der Waals surface area contributed by atoms with Crippen molar-refractivity contribution in [2.75, 3.05) is 33.4 Å². The Bertz CT molecular complexity index is 377. The molecule has 2 rings (SSSR count). The maximum atomic E-state index is 9.99. The van der Waals surface area contributed by atoms with E-state index in [4.69, 9.17) is 9.47 Å². The summed E-state index contributed by atoms with van der Waals surface area (Å²) in [6, 6.07) is 7.45. The monoisotopic (exact) mass is 265 g/mol. The van der Waals surface area contributed by atoms with Gasteiger partial charge in [-0.25, -0.2) is 0 Å². The summed E-state index contributed by atoms with van der Waals surface area (Å²) < 4.78 is 10.7. The molecule has 1 aliphatic rings. The molecule has 4 nitrogen and oxygen atoms in total. The van der Waals surface area contributed by atoms with Gasteiger partial charge in [0, 0.05) is 12.6 Å². The van der Waals surface area contributed by atoms with Gasteiger partial charge in [-0.2, -0.15) is 0 Å². The Labute approximate surface area is 114 Å². The molecule has 4 heteroatoms. The number of hydrogen-bond donors (Lipinski definition) is 1. The van der Waals surface area contributed by atoms with Crippen LogP contribution in [0.3, 0.4) is 0 Å². The summed E-state index contributed by atoms with van der Waals surface area (Å²) in [5.41, 5.74) is 0. The Morgan fingerprint density at radius 1 is 1.21 bits per heavy atom. The van der Waals surface area contributed by atoms with Gasteiger partial charge in [0.05, 0.1) is 7.11 Å². The van der Waals surface area contributed by atoms with E-state index in [1.165, 1.54) is 19.3 Å². The van der Waals surface area contributed by atoms with Gasteiger partial charge in [0.1, 0.15) is 24.2 Å². The van der Waals surface area contributed by atoms with Crippen molar-refractivity contribution in [2.24, 2.45) is 0 Å². The van der Waals surface area contributed by atoms with Crippen LogP contribution in [-0.2, 0) is 0 Å². The lowest BCUT2D eigenvalue weighted by atomic mass is 10.1. The van der Waals surface area contributed by atoms with Crippen LogP contribution >= 0.6 is 0 Å². The van der Waals surface area contributed by atoms with Gasteiger partial charge in [-0.3, -0.25) is 0 Å². The number of aliphatic hydroxyl groups excluding tert-OH is 1. The third kappa shape index (κ3) is 4.73. The fourth-order valence-electron chi connectivity index (χ4n) is 2.38. The molecule has 1 heterocycles. The number of methoxy groups -OCH3 is 1. The van der Waals surface area contributed by atoms with Crippen LogP contribution in [0, 0.1) is 0 Å². The third-order valence-corrected chi connectivity index (χ3v) is 3.40. The van der Waals surface area contributed by atoms with Gasteiger partial charge in [0.15, 0.2) is 0 Å². The number of aliphatic hydroxyl groups is 1. The number of likely N-dealkylation sites (tertiary alicyclic amines) is 1. The summed E-state index contributed by atoms with van der Waals surface area (Å²) in [5.74, 6) is 1.50. The van der Waals surface area contributed by atoms with Crippen molar-refractivity contribution >= 4 is 0 Å². The van der Waals surface area contributed by atoms with Crippen LogP contribution in [0.1, 0.15) is 19.3 Å². The number of nitrogens with zero attached hydrogens (tertiary/aromatic N) is 1. The first-order valence-electron chi connectivity index (χ1n) is 6.95. The Morgan fingerprint density at radius 3 is 2.68 bits per heavy atom. The number of β-amino-alcohol motifs (C(OH)–C–C–N with tert-alkyl or cyclic N) is 1. The standard InChI is InChI=1S/C15H23NO3/c1-18-14-6-5-7-15(10-14)19-12-13(17)11-16-8-3-2-4-9-16/h5-7,10,13,17H,2-4,8-9,11-12H2,1H3/t13-/m1/s1. The quantitative estimate of drug-likeness (QED) is 0.853. The van der Waals surface area contributed by atoms with Gasteiger partial charge in [0.25, 0.3) is 0 Å². The van der Waals surface area contributed by atoms with Crippen molar-refractivity contribution in [1.29, 1.82) is 0 Å². The second kappa shape index (κ2) is 7.36. The predicted molar refractivity (Wildman–Crippen MR) is 74.8 cm³/mol. The molecule has 1 aromatic rings. The van der Waals surface area contributed by atoms with E-state index in [9.17, 15) is 5.11 Å². The zero-order chi connectivity index (χ0) is 13.5. The molecule has 0 aromatic heterocycles. The molecular weight excluding hydrogens is 242 g/mol. The Balaban J connectivity index is 1.74. The van der Waals surface area contributed by atoms with Gasteiger partial charge in [-0.1, -0.05) is 12.5 Å². The van der Waals surface area contributed by atoms with Crippen molar-refractivity contribution in [3.63, 3.8) is 0 Å². The first-order chi connectivity index (χ1) is 9.28. The molecule has 106 valence electrons. The first kappa shape index (κ1) is 14.2. The molecule has 0 amide bonds. The number of rotatable bonds is 6. The molecule has 19 heavy (non-hydrogen) atoms. The van der Waals surface area contributed by atoms with Crippen LogP contribution in [0.2, 0.25) is 0 Å². The average molecular weight is 265 g/mol. The van der Waals surface area contributed by atoms with E-state index >= 15 is 0 Å². The van der Waals surface area contributed by atoms with Crippen LogP contribution in [0.15, 0.2) is 24.3 Å². The first-order valence-corrected chi connectivity index (χ1v) is 6.95. The fourth-order valence-corrected chi connectivity index (χ4v) is 2.38. The highest BCUT2D eigenvalue weighted by Gasteiger charge is 2.15. The van der Waals surface area contributed by atoms with Crippen LogP contribution in [0.25, 0.3) is 0 Å². The predicted octanol–water partition coefficient (Wildman–Crippen LogP) is 1.92. The third-order valence-electron chi connectivity index (χ3n) is 3.40. The van der Waals surface area contributed by atoms with Crippen LogP contribution < -0.4 is 9.47 Å². The highest BCUT2D eigenvalue weighted by molar-refractivity contribution is 5.32. The molecule has 0 bridgehead atoms. The van der Waals surface area contributed by atoms with E-state index in [2.05, 4.69) is 4.90 Å². The summed E-state index contributed by atoms with van der Waals surface area (Å²) in [6.07, 6.45) is 3.35. The molecule has 1 fully saturated rings. The number of piperidine rings is 1. The zero-order valence-electron chi connectivity index (χ0n) is 11.5. The minimum Gasteiger partial charge on any atom is -0.497 e. The van der Waals surface area contributed by atoms with Crippen molar-refractivity contribution < 1.29 is 14.6 Å².